The fourth-order valence-corrected chi connectivity index (χ4v) is 3.88. The Labute approximate surface area is 193 Å². The van der Waals surface area contributed by atoms with Gasteiger partial charge in [-0.3, -0.25) is 9.59 Å². The number of benzene rings is 2. The van der Waals surface area contributed by atoms with Gasteiger partial charge in [-0.1, -0.05) is 47.7 Å². The fourth-order valence-electron chi connectivity index (χ4n) is 3.02. The monoisotopic (exact) mass is 465 g/mol. The van der Waals surface area contributed by atoms with Crippen LogP contribution in [0.5, 0.6) is 0 Å². The SMILES string of the molecule is Cc1nc(N=C(N)N)sc1C(=O)Nc1cccc(C(=O)NC(CC(=O)[O-])c2ccccc2)c1. The quantitative estimate of drug-likeness (QED) is 0.285. The smallest absolute Gasteiger partial charge is 0.267 e. The molecule has 1 unspecified atom stereocenters. The van der Waals surface area contributed by atoms with Gasteiger partial charge in [-0.15, -0.1) is 0 Å². The zero-order valence-corrected chi connectivity index (χ0v) is 18.4. The third-order valence-electron chi connectivity index (χ3n) is 4.48. The summed E-state index contributed by atoms with van der Waals surface area (Å²) in [7, 11) is 0. The van der Waals surface area contributed by atoms with Gasteiger partial charge in [0.15, 0.2) is 5.96 Å². The number of carboxylic acid groups (broad SMARTS) is 1. The maximum absolute atomic E-state index is 12.8. The van der Waals surface area contributed by atoms with E-state index in [9.17, 15) is 19.5 Å². The highest BCUT2D eigenvalue weighted by Crippen LogP contribution is 2.26. The molecular formula is C22H21N6O4S-. The van der Waals surface area contributed by atoms with Crippen LogP contribution < -0.4 is 27.2 Å². The third kappa shape index (κ3) is 6.37. The fraction of sp³-hybridized carbons (Fsp3) is 0.136. The highest BCUT2D eigenvalue weighted by molar-refractivity contribution is 7.17. The van der Waals surface area contributed by atoms with Crippen molar-refractivity contribution in [2.24, 2.45) is 16.5 Å². The lowest BCUT2D eigenvalue weighted by Gasteiger charge is -2.20. The van der Waals surface area contributed by atoms with Gasteiger partial charge in [-0.25, -0.2) is 4.98 Å². The molecule has 0 radical (unpaired) electrons. The largest absolute Gasteiger partial charge is 0.550 e. The number of nitrogens with two attached hydrogens (primary N) is 2. The van der Waals surface area contributed by atoms with Gasteiger partial charge in [-0.2, -0.15) is 4.99 Å². The molecule has 2 amide bonds. The number of carbonyl (C=O) groups excluding carboxylic acids is 3. The van der Waals surface area contributed by atoms with E-state index in [0.29, 0.717) is 21.8 Å². The standard InChI is InChI=1S/C22H22N6O4S/c1-12-18(33-22(25-12)28-21(23)24)20(32)26-15-9-5-8-14(10-15)19(31)27-16(11-17(29)30)13-6-3-2-4-7-13/h2-10,16H,11H2,1H3,(H,26,32)(H,27,31)(H,29,30)(H4,23,24,25,28)/p-1. The zero-order chi connectivity index (χ0) is 24.0. The van der Waals surface area contributed by atoms with Crippen molar-refractivity contribution in [2.45, 2.75) is 19.4 Å². The highest BCUT2D eigenvalue weighted by atomic mass is 32.1. The second kappa shape index (κ2) is 10.4. The number of carbonyl (C=O) groups is 3. The molecule has 0 saturated carbocycles. The van der Waals surface area contributed by atoms with E-state index in [0.717, 1.165) is 11.3 Å². The Morgan fingerprint density at radius 1 is 1.09 bits per heavy atom. The van der Waals surface area contributed by atoms with Crippen molar-refractivity contribution >= 4 is 45.9 Å². The van der Waals surface area contributed by atoms with Crippen LogP contribution in [-0.4, -0.2) is 28.7 Å². The molecule has 1 aromatic heterocycles. The Morgan fingerprint density at radius 3 is 2.48 bits per heavy atom. The molecule has 0 aliphatic heterocycles. The van der Waals surface area contributed by atoms with Gasteiger partial charge >= 0.3 is 0 Å². The van der Waals surface area contributed by atoms with Crippen LogP contribution in [0.2, 0.25) is 0 Å². The Balaban J connectivity index is 1.75. The molecule has 1 atom stereocenters. The van der Waals surface area contributed by atoms with Crippen LogP contribution >= 0.6 is 11.3 Å². The Bertz CT molecular complexity index is 1200. The molecule has 3 aromatic rings. The number of aliphatic imine (C=N–C) groups is 1. The minimum atomic E-state index is -1.29. The van der Waals surface area contributed by atoms with Gasteiger partial charge in [0, 0.05) is 23.6 Å². The Morgan fingerprint density at radius 2 is 1.82 bits per heavy atom. The van der Waals surface area contributed by atoms with Crippen molar-refractivity contribution in [3.63, 3.8) is 0 Å². The number of amides is 2. The number of nitrogens with zero attached hydrogens (tertiary/aromatic N) is 2. The molecule has 10 nitrogen and oxygen atoms in total. The van der Waals surface area contributed by atoms with E-state index in [-0.39, 0.29) is 23.1 Å². The third-order valence-corrected chi connectivity index (χ3v) is 5.53. The average molecular weight is 466 g/mol. The summed E-state index contributed by atoms with van der Waals surface area (Å²) in [6, 6.07) is 14.2. The van der Waals surface area contributed by atoms with Crippen LogP contribution in [-0.2, 0) is 4.79 Å². The van der Waals surface area contributed by atoms with E-state index in [1.807, 2.05) is 0 Å². The number of carboxylic acids is 1. The molecule has 170 valence electrons. The van der Waals surface area contributed by atoms with Crippen molar-refractivity contribution in [1.82, 2.24) is 10.3 Å². The summed E-state index contributed by atoms with van der Waals surface area (Å²) < 4.78 is 0. The molecule has 0 spiro atoms. The molecule has 0 bridgehead atoms. The van der Waals surface area contributed by atoms with Crippen molar-refractivity contribution in [3.8, 4) is 0 Å². The molecule has 33 heavy (non-hydrogen) atoms. The molecule has 0 aliphatic carbocycles. The maximum atomic E-state index is 12.8. The molecule has 6 N–H and O–H groups in total. The minimum Gasteiger partial charge on any atom is -0.550 e. The van der Waals surface area contributed by atoms with Crippen molar-refractivity contribution in [1.29, 1.82) is 0 Å². The summed E-state index contributed by atoms with van der Waals surface area (Å²) in [4.78, 5) is 44.9. The molecular weight excluding hydrogens is 444 g/mol. The summed E-state index contributed by atoms with van der Waals surface area (Å²) in [5, 5.41) is 16.8. The van der Waals surface area contributed by atoms with E-state index in [1.165, 1.54) is 6.07 Å². The van der Waals surface area contributed by atoms with Gasteiger partial charge in [0.05, 0.1) is 11.7 Å². The van der Waals surface area contributed by atoms with Gasteiger partial charge in [0.25, 0.3) is 11.8 Å². The number of aliphatic carboxylic acids is 1. The molecule has 0 fully saturated rings. The van der Waals surface area contributed by atoms with E-state index in [4.69, 9.17) is 11.5 Å². The first-order chi connectivity index (χ1) is 15.7. The first kappa shape index (κ1) is 23.4. The highest BCUT2D eigenvalue weighted by Gasteiger charge is 2.18. The Hall–Kier alpha value is -4.25. The lowest BCUT2D eigenvalue weighted by Crippen LogP contribution is -2.34. The van der Waals surface area contributed by atoms with Crippen molar-refractivity contribution in [2.75, 3.05) is 5.32 Å². The minimum absolute atomic E-state index is 0.165. The number of hydrogen-bond donors (Lipinski definition) is 4. The van der Waals surface area contributed by atoms with Crippen molar-refractivity contribution in [3.05, 3.63) is 76.3 Å². The van der Waals surface area contributed by atoms with E-state index < -0.39 is 23.8 Å². The van der Waals surface area contributed by atoms with Crippen molar-refractivity contribution < 1.29 is 19.5 Å². The average Bonchev–Trinajstić information content (AvgIpc) is 3.13. The number of aryl methyl sites for hydroxylation is 1. The van der Waals surface area contributed by atoms with Crippen LogP contribution in [0.3, 0.4) is 0 Å². The number of thiazole rings is 1. The van der Waals surface area contributed by atoms with Gasteiger partial charge < -0.3 is 32.0 Å². The summed E-state index contributed by atoms with van der Waals surface area (Å²) in [5.41, 5.74) is 12.4. The number of anilines is 1. The van der Waals surface area contributed by atoms with Crippen LogP contribution in [0.25, 0.3) is 0 Å². The number of guanidine groups is 1. The predicted molar refractivity (Wildman–Crippen MR) is 123 cm³/mol. The number of rotatable bonds is 8. The van der Waals surface area contributed by atoms with E-state index in [2.05, 4.69) is 20.6 Å². The van der Waals surface area contributed by atoms with Crippen LogP contribution in [0.1, 0.15) is 43.7 Å². The lowest BCUT2D eigenvalue weighted by atomic mass is 10.0. The summed E-state index contributed by atoms with van der Waals surface area (Å²) >= 11 is 1.03. The second-order valence-electron chi connectivity index (χ2n) is 7.00. The molecule has 2 aromatic carbocycles. The van der Waals surface area contributed by atoms with Gasteiger partial charge in [0.2, 0.25) is 5.13 Å². The van der Waals surface area contributed by atoms with Crippen LogP contribution in [0, 0.1) is 6.92 Å². The molecule has 11 heteroatoms. The van der Waals surface area contributed by atoms with Crippen LogP contribution in [0.4, 0.5) is 10.8 Å². The Kier molecular flexibility index (Phi) is 7.36. The topological polar surface area (TPSA) is 176 Å². The molecule has 0 aliphatic rings. The zero-order valence-electron chi connectivity index (χ0n) is 17.6. The normalized spacial score (nSPS) is 11.3. The number of nitrogens with one attached hydrogen (secondary N) is 2. The summed E-state index contributed by atoms with van der Waals surface area (Å²) in [6.07, 6.45) is -0.380. The first-order valence-electron chi connectivity index (χ1n) is 9.77. The van der Waals surface area contributed by atoms with E-state index >= 15 is 0 Å². The molecule has 3 rings (SSSR count). The van der Waals surface area contributed by atoms with Crippen LogP contribution in [0.15, 0.2) is 59.6 Å². The number of aromatic nitrogens is 1. The molecule has 1 heterocycles. The second-order valence-corrected chi connectivity index (χ2v) is 7.97. The first-order valence-corrected chi connectivity index (χ1v) is 10.6. The lowest BCUT2D eigenvalue weighted by molar-refractivity contribution is -0.306. The van der Waals surface area contributed by atoms with E-state index in [1.54, 1.807) is 55.5 Å². The predicted octanol–water partition coefficient (Wildman–Crippen LogP) is 1.22. The van der Waals surface area contributed by atoms with Gasteiger partial charge in [0.1, 0.15) is 4.88 Å². The van der Waals surface area contributed by atoms with Gasteiger partial charge in [-0.05, 0) is 30.7 Å². The summed E-state index contributed by atoms with van der Waals surface area (Å²) in [6.45, 7) is 1.65. The molecule has 0 saturated heterocycles. The number of hydrogen-bond acceptors (Lipinski definition) is 7. The maximum Gasteiger partial charge on any atom is 0.267 e. The summed E-state index contributed by atoms with van der Waals surface area (Å²) in [5.74, 6) is -2.38.